The lowest BCUT2D eigenvalue weighted by Crippen LogP contribution is -2.00. The first-order valence-corrected chi connectivity index (χ1v) is 6.94. The normalized spacial score (nSPS) is 10.6. The number of imidazole rings is 1. The van der Waals surface area contributed by atoms with Gasteiger partial charge in [0.2, 0.25) is 0 Å². The molecule has 2 rings (SSSR count). The van der Waals surface area contributed by atoms with E-state index in [2.05, 4.69) is 20.9 Å². The molecular formula is C12H11BrN2O2S. The molecule has 0 aliphatic carbocycles. The van der Waals surface area contributed by atoms with Crippen LogP contribution in [0, 0.1) is 0 Å². The van der Waals surface area contributed by atoms with Crippen LogP contribution >= 0.6 is 27.7 Å². The van der Waals surface area contributed by atoms with Crippen LogP contribution in [-0.4, -0.2) is 20.6 Å². The van der Waals surface area contributed by atoms with E-state index in [1.165, 1.54) is 11.8 Å². The lowest BCUT2D eigenvalue weighted by molar-refractivity contribution is 0.0693. The zero-order valence-corrected chi connectivity index (χ0v) is 12.0. The first-order chi connectivity index (χ1) is 8.61. The maximum absolute atomic E-state index is 11.2. The topological polar surface area (TPSA) is 55.1 Å². The number of carboxylic acids is 1. The molecule has 6 heteroatoms. The van der Waals surface area contributed by atoms with E-state index < -0.39 is 5.97 Å². The summed E-state index contributed by atoms with van der Waals surface area (Å²) >= 11 is 4.71. The third kappa shape index (κ3) is 2.76. The highest BCUT2D eigenvalue weighted by Gasteiger charge is 2.13. The number of carboxylic acid groups (broad SMARTS) is 1. The van der Waals surface area contributed by atoms with Gasteiger partial charge >= 0.3 is 5.97 Å². The number of nitrogens with zero attached hydrogens (tertiary/aromatic N) is 2. The van der Waals surface area contributed by atoms with Crippen LogP contribution in [0.4, 0.5) is 0 Å². The van der Waals surface area contributed by atoms with Crippen molar-refractivity contribution in [3.05, 3.63) is 40.6 Å². The monoisotopic (exact) mass is 326 g/mol. The van der Waals surface area contributed by atoms with Gasteiger partial charge in [-0.2, -0.15) is 0 Å². The van der Waals surface area contributed by atoms with Gasteiger partial charge in [-0.3, -0.25) is 0 Å². The molecule has 0 aliphatic heterocycles. The summed E-state index contributed by atoms with van der Waals surface area (Å²) in [5, 5.41) is 9.95. The van der Waals surface area contributed by atoms with E-state index in [0.717, 1.165) is 16.2 Å². The van der Waals surface area contributed by atoms with Crippen LogP contribution in [0.5, 0.6) is 0 Å². The second kappa shape index (κ2) is 5.58. The highest BCUT2D eigenvalue weighted by atomic mass is 79.9. The van der Waals surface area contributed by atoms with Gasteiger partial charge in [-0.1, -0.05) is 27.7 Å². The van der Waals surface area contributed by atoms with Gasteiger partial charge in [0, 0.05) is 28.3 Å². The second-order valence-corrected chi connectivity index (χ2v) is 5.47. The molecule has 4 nitrogen and oxygen atoms in total. The van der Waals surface area contributed by atoms with Crippen LogP contribution in [0.1, 0.15) is 17.3 Å². The molecule has 1 aromatic carbocycles. The van der Waals surface area contributed by atoms with Gasteiger partial charge in [-0.15, -0.1) is 0 Å². The maximum atomic E-state index is 11.2. The van der Waals surface area contributed by atoms with Crippen molar-refractivity contribution in [3.8, 4) is 0 Å². The number of benzene rings is 1. The molecule has 0 bridgehead atoms. The van der Waals surface area contributed by atoms with Gasteiger partial charge in [0.25, 0.3) is 0 Å². The molecule has 2 aromatic rings. The van der Waals surface area contributed by atoms with Crippen LogP contribution in [-0.2, 0) is 6.54 Å². The van der Waals surface area contributed by atoms with Crippen molar-refractivity contribution in [2.75, 3.05) is 0 Å². The molecule has 0 radical (unpaired) electrons. The van der Waals surface area contributed by atoms with Crippen LogP contribution in [0.2, 0.25) is 0 Å². The van der Waals surface area contributed by atoms with E-state index in [4.69, 9.17) is 5.11 Å². The molecule has 1 heterocycles. The molecule has 0 saturated carbocycles. The van der Waals surface area contributed by atoms with Crippen LogP contribution < -0.4 is 0 Å². The van der Waals surface area contributed by atoms with Gasteiger partial charge in [0.1, 0.15) is 0 Å². The Morgan fingerprint density at radius 3 is 3.00 bits per heavy atom. The Morgan fingerprint density at radius 1 is 1.56 bits per heavy atom. The number of aryl methyl sites for hydroxylation is 1. The summed E-state index contributed by atoms with van der Waals surface area (Å²) in [6.45, 7) is 2.82. The molecular weight excluding hydrogens is 316 g/mol. The van der Waals surface area contributed by atoms with E-state index in [9.17, 15) is 4.79 Å². The number of carbonyl (C=O) groups is 1. The standard InChI is InChI=1S/C12H11BrN2O2S/c1-2-15-6-5-14-12(15)18-10-7-8(13)3-4-9(10)11(16)17/h3-7H,2H2,1H3,(H,16,17). The van der Waals surface area contributed by atoms with E-state index in [1.54, 1.807) is 24.4 Å². The number of aromatic nitrogens is 2. The summed E-state index contributed by atoms with van der Waals surface area (Å²) < 4.78 is 2.82. The Balaban J connectivity index is 2.39. The molecule has 0 aliphatic rings. The minimum atomic E-state index is -0.931. The van der Waals surface area contributed by atoms with E-state index in [1.807, 2.05) is 17.7 Å². The average molecular weight is 327 g/mol. The van der Waals surface area contributed by atoms with Gasteiger partial charge in [-0.05, 0) is 25.1 Å². The summed E-state index contributed by atoms with van der Waals surface area (Å²) in [6, 6.07) is 5.11. The smallest absolute Gasteiger partial charge is 0.336 e. The molecule has 0 atom stereocenters. The fourth-order valence-electron chi connectivity index (χ4n) is 1.50. The van der Waals surface area contributed by atoms with Crippen molar-refractivity contribution in [2.45, 2.75) is 23.5 Å². The van der Waals surface area contributed by atoms with Crippen LogP contribution in [0.15, 0.2) is 45.1 Å². The lowest BCUT2D eigenvalue weighted by Gasteiger charge is -2.07. The highest BCUT2D eigenvalue weighted by Crippen LogP contribution is 2.31. The van der Waals surface area contributed by atoms with E-state index >= 15 is 0 Å². The molecule has 0 fully saturated rings. The zero-order valence-electron chi connectivity index (χ0n) is 9.63. The Labute approximate surface area is 117 Å². The quantitative estimate of drug-likeness (QED) is 0.934. The Kier molecular flexibility index (Phi) is 4.08. The fourth-order valence-corrected chi connectivity index (χ4v) is 3.08. The summed E-state index contributed by atoms with van der Waals surface area (Å²) in [5.74, 6) is -0.931. The molecule has 1 aromatic heterocycles. The average Bonchev–Trinajstić information content (AvgIpc) is 2.76. The largest absolute Gasteiger partial charge is 0.478 e. The van der Waals surface area contributed by atoms with Crippen molar-refractivity contribution in [1.82, 2.24) is 9.55 Å². The van der Waals surface area contributed by atoms with E-state index in [0.29, 0.717) is 4.90 Å². The number of hydrogen-bond acceptors (Lipinski definition) is 3. The highest BCUT2D eigenvalue weighted by molar-refractivity contribution is 9.10. The van der Waals surface area contributed by atoms with Crippen molar-refractivity contribution < 1.29 is 9.90 Å². The Morgan fingerprint density at radius 2 is 2.33 bits per heavy atom. The minimum Gasteiger partial charge on any atom is -0.478 e. The molecule has 18 heavy (non-hydrogen) atoms. The number of rotatable bonds is 4. The second-order valence-electron chi connectivity index (χ2n) is 3.54. The van der Waals surface area contributed by atoms with Crippen molar-refractivity contribution in [3.63, 3.8) is 0 Å². The first kappa shape index (κ1) is 13.2. The summed E-state index contributed by atoms with van der Waals surface area (Å²) in [4.78, 5) is 16.1. The van der Waals surface area contributed by atoms with Gasteiger partial charge < -0.3 is 9.67 Å². The van der Waals surface area contributed by atoms with Crippen molar-refractivity contribution in [1.29, 1.82) is 0 Å². The summed E-state index contributed by atoms with van der Waals surface area (Å²) in [7, 11) is 0. The SMILES string of the molecule is CCn1ccnc1Sc1cc(Br)ccc1C(=O)O. The van der Waals surface area contributed by atoms with Gasteiger partial charge in [0.15, 0.2) is 5.16 Å². The third-order valence-electron chi connectivity index (χ3n) is 2.39. The lowest BCUT2D eigenvalue weighted by atomic mass is 10.2. The van der Waals surface area contributed by atoms with E-state index in [-0.39, 0.29) is 5.56 Å². The fraction of sp³-hybridized carbons (Fsp3) is 0.167. The molecule has 0 unspecified atom stereocenters. The van der Waals surface area contributed by atoms with Gasteiger partial charge in [0.05, 0.1) is 5.56 Å². The Hall–Kier alpha value is -1.27. The first-order valence-electron chi connectivity index (χ1n) is 5.33. The molecule has 0 amide bonds. The molecule has 0 spiro atoms. The summed E-state index contributed by atoms with van der Waals surface area (Å²) in [5.41, 5.74) is 0.286. The molecule has 1 N–H and O–H groups in total. The number of hydrogen-bond donors (Lipinski definition) is 1. The van der Waals surface area contributed by atoms with Gasteiger partial charge in [-0.25, -0.2) is 9.78 Å². The third-order valence-corrected chi connectivity index (χ3v) is 3.97. The summed E-state index contributed by atoms with van der Waals surface area (Å²) in [6.07, 6.45) is 3.59. The van der Waals surface area contributed by atoms with Crippen LogP contribution in [0.25, 0.3) is 0 Å². The van der Waals surface area contributed by atoms with Crippen molar-refractivity contribution >= 4 is 33.7 Å². The van der Waals surface area contributed by atoms with Crippen LogP contribution in [0.3, 0.4) is 0 Å². The number of aromatic carboxylic acids is 1. The Bertz CT molecular complexity index is 583. The molecule has 94 valence electrons. The van der Waals surface area contributed by atoms with Crippen molar-refractivity contribution in [2.24, 2.45) is 0 Å². The predicted octanol–water partition coefficient (Wildman–Crippen LogP) is 3.51. The zero-order chi connectivity index (χ0) is 13.1. The minimum absolute atomic E-state index is 0.286. The molecule has 0 saturated heterocycles. The number of halogens is 1. The maximum Gasteiger partial charge on any atom is 0.336 e. The predicted molar refractivity (Wildman–Crippen MR) is 73.1 cm³/mol.